The van der Waals surface area contributed by atoms with Crippen molar-refractivity contribution in [3.05, 3.63) is 52.6 Å². The van der Waals surface area contributed by atoms with E-state index in [1.54, 1.807) is 18.3 Å². The highest BCUT2D eigenvalue weighted by atomic mass is 19.1. The van der Waals surface area contributed by atoms with Crippen LogP contribution in [-0.2, 0) is 6.61 Å². The molecule has 0 saturated carbocycles. The largest absolute Gasteiger partial charge is 0.487 e. The summed E-state index contributed by atoms with van der Waals surface area (Å²) in [4.78, 5) is 4.26. The van der Waals surface area contributed by atoms with Gasteiger partial charge in [-0.25, -0.2) is 4.39 Å². The molecule has 1 aromatic carbocycles. The molecule has 0 saturated heterocycles. The third-order valence-electron chi connectivity index (χ3n) is 3.11. The molecule has 0 fully saturated rings. The minimum Gasteiger partial charge on any atom is -0.487 e. The van der Waals surface area contributed by atoms with E-state index in [4.69, 9.17) is 15.7 Å². The Morgan fingerprint density at radius 1 is 1.40 bits per heavy atom. The lowest BCUT2D eigenvalue weighted by Crippen LogP contribution is -2.05. The van der Waals surface area contributed by atoms with E-state index < -0.39 is 5.82 Å². The van der Waals surface area contributed by atoms with E-state index >= 15 is 0 Å². The van der Waals surface area contributed by atoms with Crippen LogP contribution in [0.2, 0.25) is 0 Å². The fraction of sp³-hybridized carbons (Fsp3) is 0.200. The Morgan fingerprint density at radius 3 is 2.80 bits per heavy atom. The zero-order chi connectivity index (χ0) is 14.7. The highest BCUT2D eigenvalue weighted by molar-refractivity contribution is 5.53. The maximum Gasteiger partial charge on any atom is 0.144 e. The number of aryl methyl sites for hydroxylation is 1. The monoisotopic (exact) mass is 271 g/mol. The van der Waals surface area contributed by atoms with Crippen LogP contribution < -0.4 is 10.5 Å². The molecule has 0 aliphatic rings. The van der Waals surface area contributed by atoms with Gasteiger partial charge in [0, 0.05) is 18.0 Å². The van der Waals surface area contributed by atoms with E-state index in [1.165, 1.54) is 12.1 Å². The van der Waals surface area contributed by atoms with Gasteiger partial charge in [-0.3, -0.25) is 4.98 Å². The van der Waals surface area contributed by atoms with Crippen LogP contribution in [0.1, 0.15) is 22.4 Å². The molecule has 0 unspecified atom stereocenters. The zero-order valence-electron chi connectivity index (χ0n) is 11.3. The van der Waals surface area contributed by atoms with Gasteiger partial charge in [-0.2, -0.15) is 5.26 Å². The van der Waals surface area contributed by atoms with Crippen LogP contribution in [0.15, 0.2) is 24.4 Å². The molecule has 0 spiro atoms. The topological polar surface area (TPSA) is 71.9 Å². The standard InChI is InChI=1S/C15H14FN3O/c1-9-7-19-14(10(2)15(9)18)8-20-12-4-3-11(6-17)13(16)5-12/h3-5,7H,8H2,1-2H3,(H2,18,19). The average Bonchev–Trinajstić information content (AvgIpc) is 2.44. The Morgan fingerprint density at radius 2 is 2.15 bits per heavy atom. The van der Waals surface area contributed by atoms with Gasteiger partial charge in [-0.15, -0.1) is 0 Å². The van der Waals surface area contributed by atoms with Gasteiger partial charge in [-0.05, 0) is 37.1 Å². The van der Waals surface area contributed by atoms with Gasteiger partial charge in [0.25, 0.3) is 0 Å². The molecule has 20 heavy (non-hydrogen) atoms. The number of rotatable bonds is 3. The highest BCUT2D eigenvalue weighted by Gasteiger charge is 2.08. The molecule has 5 heteroatoms. The Hall–Kier alpha value is -2.61. The molecule has 1 aromatic heterocycles. The summed E-state index contributed by atoms with van der Waals surface area (Å²) < 4.78 is 18.9. The zero-order valence-corrected chi connectivity index (χ0v) is 11.3. The normalized spacial score (nSPS) is 10.1. The number of benzene rings is 1. The number of nitrogen functional groups attached to an aromatic ring is 1. The minimum atomic E-state index is -0.599. The number of nitrogens with zero attached hydrogens (tertiary/aromatic N) is 2. The Balaban J connectivity index is 2.15. The van der Waals surface area contributed by atoms with Crippen molar-refractivity contribution in [2.24, 2.45) is 0 Å². The second-order valence-corrected chi connectivity index (χ2v) is 4.47. The molecule has 0 aliphatic heterocycles. The molecule has 0 amide bonds. The van der Waals surface area contributed by atoms with Gasteiger partial charge in [-0.1, -0.05) is 0 Å². The van der Waals surface area contributed by atoms with Crippen LogP contribution >= 0.6 is 0 Å². The quantitative estimate of drug-likeness (QED) is 0.931. The lowest BCUT2D eigenvalue weighted by molar-refractivity contribution is 0.299. The van der Waals surface area contributed by atoms with E-state index in [0.29, 0.717) is 17.1 Å². The first-order chi connectivity index (χ1) is 9.52. The highest BCUT2D eigenvalue weighted by Crippen LogP contribution is 2.21. The van der Waals surface area contributed by atoms with Crippen molar-refractivity contribution in [3.63, 3.8) is 0 Å². The predicted octanol–water partition coefficient (Wildman–Crippen LogP) is 2.87. The number of hydrogen-bond acceptors (Lipinski definition) is 4. The predicted molar refractivity (Wildman–Crippen MR) is 73.6 cm³/mol. The maximum absolute atomic E-state index is 13.4. The molecule has 102 valence electrons. The van der Waals surface area contributed by atoms with Gasteiger partial charge in [0.2, 0.25) is 0 Å². The summed E-state index contributed by atoms with van der Waals surface area (Å²) in [5.41, 5.74) is 9.08. The lowest BCUT2D eigenvalue weighted by Gasteiger charge is -2.11. The fourth-order valence-electron chi connectivity index (χ4n) is 1.77. The van der Waals surface area contributed by atoms with E-state index in [9.17, 15) is 4.39 Å². The molecular formula is C15H14FN3O. The fourth-order valence-corrected chi connectivity index (χ4v) is 1.77. The van der Waals surface area contributed by atoms with Gasteiger partial charge >= 0.3 is 0 Å². The van der Waals surface area contributed by atoms with Crippen LogP contribution in [0.25, 0.3) is 0 Å². The summed E-state index contributed by atoms with van der Waals surface area (Å²) in [5, 5.41) is 8.66. The molecule has 0 bridgehead atoms. The van der Waals surface area contributed by atoms with Crippen molar-refractivity contribution in [3.8, 4) is 11.8 Å². The van der Waals surface area contributed by atoms with Crippen molar-refractivity contribution in [1.29, 1.82) is 5.26 Å². The molecule has 0 atom stereocenters. The summed E-state index contributed by atoms with van der Waals surface area (Å²) in [6.45, 7) is 3.95. The SMILES string of the molecule is Cc1cnc(COc2ccc(C#N)c(F)c2)c(C)c1N. The summed E-state index contributed by atoms with van der Waals surface area (Å²) >= 11 is 0. The van der Waals surface area contributed by atoms with Crippen LogP contribution in [0.3, 0.4) is 0 Å². The number of nitrogens with two attached hydrogens (primary N) is 1. The Kier molecular flexibility index (Phi) is 3.85. The molecule has 2 rings (SSSR count). The second kappa shape index (κ2) is 5.57. The van der Waals surface area contributed by atoms with Gasteiger partial charge in [0.1, 0.15) is 24.2 Å². The maximum atomic E-state index is 13.4. The number of pyridine rings is 1. The number of anilines is 1. The second-order valence-electron chi connectivity index (χ2n) is 4.47. The third kappa shape index (κ3) is 2.69. The van der Waals surface area contributed by atoms with Gasteiger partial charge in [0.05, 0.1) is 11.3 Å². The smallest absolute Gasteiger partial charge is 0.144 e. The van der Waals surface area contributed by atoms with Crippen LogP contribution in [-0.4, -0.2) is 4.98 Å². The molecule has 1 heterocycles. The molecule has 0 aliphatic carbocycles. The van der Waals surface area contributed by atoms with E-state index in [0.717, 1.165) is 11.1 Å². The van der Waals surface area contributed by atoms with Crippen molar-refractivity contribution in [2.45, 2.75) is 20.5 Å². The van der Waals surface area contributed by atoms with Crippen LogP contribution in [0.5, 0.6) is 5.75 Å². The summed E-state index contributed by atoms with van der Waals surface area (Å²) in [6, 6.07) is 5.88. The van der Waals surface area contributed by atoms with Crippen molar-refractivity contribution in [2.75, 3.05) is 5.73 Å². The van der Waals surface area contributed by atoms with Crippen molar-refractivity contribution >= 4 is 5.69 Å². The molecule has 2 aromatic rings. The summed E-state index contributed by atoms with van der Waals surface area (Å²) in [5.74, 6) is -0.250. The molecule has 0 radical (unpaired) electrons. The molecular weight excluding hydrogens is 257 g/mol. The first-order valence-corrected chi connectivity index (χ1v) is 6.06. The summed E-state index contributed by atoms with van der Waals surface area (Å²) in [6.07, 6.45) is 1.68. The number of halogens is 1. The molecule has 4 nitrogen and oxygen atoms in total. The first kappa shape index (κ1) is 13.8. The number of nitriles is 1. The van der Waals surface area contributed by atoms with Gasteiger partial charge < -0.3 is 10.5 Å². The van der Waals surface area contributed by atoms with Crippen LogP contribution in [0.4, 0.5) is 10.1 Å². The van der Waals surface area contributed by atoms with E-state index in [1.807, 2.05) is 13.8 Å². The number of aromatic nitrogens is 1. The molecule has 2 N–H and O–H groups in total. The lowest BCUT2D eigenvalue weighted by atomic mass is 10.1. The average molecular weight is 271 g/mol. The minimum absolute atomic E-state index is 0.00811. The summed E-state index contributed by atoms with van der Waals surface area (Å²) in [7, 11) is 0. The van der Waals surface area contributed by atoms with E-state index in [2.05, 4.69) is 4.98 Å². The third-order valence-corrected chi connectivity index (χ3v) is 3.11. The number of ether oxygens (including phenoxy) is 1. The van der Waals surface area contributed by atoms with Gasteiger partial charge in [0.15, 0.2) is 0 Å². The van der Waals surface area contributed by atoms with Crippen molar-refractivity contribution < 1.29 is 9.13 Å². The first-order valence-electron chi connectivity index (χ1n) is 6.06. The Bertz CT molecular complexity index is 692. The van der Waals surface area contributed by atoms with Crippen LogP contribution in [0, 0.1) is 31.0 Å². The van der Waals surface area contributed by atoms with Crippen molar-refractivity contribution in [1.82, 2.24) is 4.98 Å². The number of hydrogen-bond donors (Lipinski definition) is 1. The van der Waals surface area contributed by atoms with E-state index in [-0.39, 0.29) is 12.2 Å². The Labute approximate surface area is 116 Å².